The van der Waals surface area contributed by atoms with Gasteiger partial charge in [0, 0.05) is 6.54 Å². The molecule has 0 radical (unpaired) electrons. The highest BCUT2D eigenvalue weighted by atomic mass is 16.5. The Labute approximate surface area is 122 Å². The topological polar surface area (TPSA) is 41.9 Å². The van der Waals surface area contributed by atoms with Gasteiger partial charge in [-0.15, -0.1) is 0 Å². The molecule has 1 rings (SSSR count). The maximum Gasteiger partial charge on any atom is 0.161 e. The van der Waals surface area contributed by atoms with E-state index in [-0.39, 0.29) is 0 Å². The van der Waals surface area contributed by atoms with Crippen LogP contribution in [-0.2, 0) is 0 Å². The Morgan fingerprint density at radius 2 is 1.85 bits per heavy atom. The first kappa shape index (κ1) is 16.8. The van der Waals surface area contributed by atoms with E-state index >= 15 is 0 Å². The molecule has 1 atom stereocenters. The van der Waals surface area contributed by atoms with E-state index in [4.69, 9.17) is 9.47 Å². The number of rotatable bonds is 9. The summed E-state index contributed by atoms with van der Waals surface area (Å²) in [4.78, 5) is 2.16. The van der Waals surface area contributed by atoms with E-state index in [1.807, 2.05) is 25.2 Å². The third-order valence-electron chi connectivity index (χ3n) is 3.42. The predicted octanol–water partition coefficient (Wildman–Crippen LogP) is 2.86. The number of aliphatic hydroxyl groups excluding tert-OH is 1. The maximum atomic E-state index is 10.3. The van der Waals surface area contributed by atoms with Crippen LogP contribution in [0, 0.1) is 0 Å². The lowest BCUT2D eigenvalue weighted by atomic mass is 10.1. The number of ether oxygens (including phenoxy) is 2. The van der Waals surface area contributed by atoms with Crippen LogP contribution in [0.15, 0.2) is 18.2 Å². The predicted molar refractivity (Wildman–Crippen MR) is 81.5 cm³/mol. The van der Waals surface area contributed by atoms with Gasteiger partial charge in [0.1, 0.15) is 0 Å². The van der Waals surface area contributed by atoms with Crippen LogP contribution in [0.2, 0.25) is 0 Å². The van der Waals surface area contributed by atoms with Crippen molar-refractivity contribution in [1.82, 2.24) is 4.90 Å². The SMILES string of the molecule is CCCCCN(C)CC(O)c1ccc(OC)c(OC)c1. The minimum atomic E-state index is -0.513. The van der Waals surface area contributed by atoms with Gasteiger partial charge in [-0.2, -0.15) is 0 Å². The molecule has 0 aliphatic carbocycles. The number of unbranched alkanes of at least 4 members (excludes halogenated alkanes) is 2. The summed E-state index contributed by atoms with van der Waals surface area (Å²) in [5.41, 5.74) is 0.852. The van der Waals surface area contributed by atoms with Gasteiger partial charge in [-0.1, -0.05) is 25.8 Å². The normalized spacial score (nSPS) is 12.5. The van der Waals surface area contributed by atoms with E-state index < -0.39 is 6.10 Å². The summed E-state index contributed by atoms with van der Waals surface area (Å²) >= 11 is 0. The van der Waals surface area contributed by atoms with E-state index in [0.29, 0.717) is 18.0 Å². The van der Waals surface area contributed by atoms with Crippen LogP contribution in [0.4, 0.5) is 0 Å². The number of hydrogen-bond donors (Lipinski definition) is 1. The lowest BCUT2D eigenvalue weighted by molar-refractivity contribution is 0.125. The lowest BCUT2D eigenvalue weighted by Crippen LogP contribution is -2.25. The van der Waals surface area contributed by atoms with Gasteiger partial charge in [-0.3, -0.25) is 0 Å². The van der Waals surface area contributed by atoms with Crippen LogP contribution in [0.3, 0.4) is 0 Å². The van der Waals surface area contributed by atoms with Gasteiger partial charge in [0.05, 0.1) is 20.3 Å². The van der Waals surface area contributed by atoms with Crippen molar-refractivity contribution < 1.29 is 14.6 Å². The quantitative estimate of drug-likeness (QED) is 0.707. The molecule has 0 aromatic heterocycles. The zero-order chi connectivity index (χ0) is 15.0. The molecule has 4 heteroatoms. The smallest absolute Gasteiger partial charge is 0.161 e. The van der Waals surface area contributed by atoms with Gasteiger partial charge in [0.25, 0.3) is 0 Å². The molecule has 1 aromatic carbocycles. The maximum absolute atomic E-state index is 10.3. The second-order valence-corrected chi connectivity index (χ2v) is 5.10. The van der Waals surface area contributed by atoms with Gasteiger partial charge < -0.3 is 19.5 Å². The Balaban J connectivity index is 2.60. The van der Waals surface area contributed by atoms with Crippen LogP contribution in [0.1, 0.15) is 37.9 Å². The number of likely N-dealkylation sites (N-methyl/N-ethyl adjacent to an activating group) is 1. The van der Waals surface area contributed by atoms with E-state index in [0.717, 1.165) is 12.1 Å². The Morgan fingerprint density at radius 3 is 2.45 bits per heavy atom. The molecular weight excluding hydrogens is 254 g/mol. The van der Waals surface area contributed by atoms with Crippen molar-refractivity contribution >= 4 is 0 Å². The fourth-order valence-corrected chi connectivity index (χ4v) is 2.18. The largest absolute Gasteiger partial charge is 0.493 e. The summed E-state index contributed by atoms with van der Waals surface area (Å²) in [5.74, 6) is 1.33. The van der Waals surface area contributed by atoms with E-state index in [2.05, 4.69) is 11.8 Å². The molecule has 0 aliphatic rings. The zero-order valence-electron chi connectivity index (χ0n) is 13.1. The van der Waals surface area contributed by atoms with E-state index in [1.165, 1.54) is 19.3 Å². The summed E-state index contributed by atoms with van der Waals surface area (Å²) in [7, 11) is 5.25. The fourth-order valence-electron chi connectivity index (χ4n) is 2.18. The van der Waals surface area contributed by atoms with Crippen LogP contribution < -0.4 is 9.47 Å². The average Bonchev–Trinajstić information content (AvgIpc) is 2.46. The van der Waals surface area contributed by atoms with Crippen molar-refractivity contribution in [2.75, 3.05) is 34.4 Å². The second-order valence-electron chi connectivity index (χ2n) is 5.10. The monoisotopic (exact) mass is 281 g/mol. The molecule has 1 aromatic rings. The third kappa shape index (κ3) is 5.02. The van der Waals surface area contributed by atoms with Gasteiger partial charge in [0.2, 0.25) is 0 Å². The van der Waals surface area contributed by atoms with Gasteiger partial charge in [-0.05, 0) is 37.7 Å². The molecule has 0 saturated heterocycles. The highest BCUT2D eigenvalue weighted by Crippen LogP contribution is 2.30. The second kappa shape index (κ2) is 8.82. The summed E-state index contributed by atoms with van der Waals surface area (Å²) in [6, 6.07) is 5.55. The number of benzene rings is 1. The first-order valence-electron chi connectivity index (χ1n) is 7.20. The van der Waals surface area contributed by atoms with Crippen molar-refractivity contribution in [3.8, 4) is 11.5 Å². The zero-order valence-corrected chi connectivity index (χ0v) is 13.1. The molecule has 0 heterocycles. The Kier molecular flexibility index (Phi) is 7.41. The minimum absolute atomic E-state index is 0.513. The highest BCUT2D eigenvalue weighted by Gasteiger charge is 2.13. The Morgan fingerprint density at radius 1 is 1.15 bits per heavy atom. The average molecular weight is 281 g/mol. The van der Waals surface area contributed by atoms with Gasteiger partial charge in [-0.25, -0.2) is 0 Å². The van der Waals surface area contributed by atoms with Crippen molar-refractivity contribution in [3.63, 3.8) is 0 Å². The lowest BCUT2D eigenvalue weighted by Gasteiger charge is -2.21. The molecular formula is C16H27NO3. The number of aliphatic hydroxyl groups is 1. The first-order chi connectivity index (χ1) is 9.62. The van der Waals surface area contributed by atoms with Crippen LogP contribution in [-0.4, -0.2) is 44.4 Å². The first-order valence-corrected chi connectivity index (χ1v) is 7.20. The molecule has 0 saturated carbocycles. The molecule has 0 bridgehead atoms. The van der Waals surface area contributed by atoms with Gasteiger partial charge in [0.15, 0.2) is 11.5 Å². The molecule has 1 N–H and O–H groups in total. The number of methoxy groups -OCH3 is 2. The molecule has 20 heavy (non-hydrogen) atoms. The van der Waals surface area contributed by atoms with Crippen LogP contribution in [0.5, 0.6) is 11.5 Å². The molecule has 0 fully saturated rings. The standard InChI is InChI=1S/C16H27NO3/c1-5-6-7-10-17(2)12-14(18)13-8-9-15(19-3)16(11-13)20-4/h8-9,11,14,18H,5-7,10,12H2,1-4H3. The summed E-state index contributed by atoms with van der Waals surface area (Å²) in [6.45, 7) is 3.83. The van der Waals surface area contributed by atoms with Crippen LogP contribution in [0.25, 0.3) is 0 Å². The van der Waals surface area contributed by atoms with Crippen molar-refractivity contribution in [2.45, 2.75) is 32.3 Å². The number of nitrogens with zero attached hydrogens (tertiary/aromatic N) is 1. The summed E-state index contributed by atoms with van der Waals surface area (Å²) in [5, 5.41) is 10.3. The molecule has 114 valence electrons. The molecule has 4 nitrogen and oxygen atoms in total. The summed E-state index contributed by atoms with van der Waals surface area (Å²) in [6.07, 6.45) is 3.11. The molecule has 1 unspecified atom stereocenters. The minimum Gasteiger partial charge on any atom is -0.493 e. The third-order valence-corrected chi connectivity index (χ3v) is 3.42. The Bertz CT molecular complexity index is 395. The van der Waals surface area contributed by atoms with Crippen molar-refractivity contribution in [2.24, 2.45) is 0 Å². The van der Waals surface area contributed by atoms with Crippen molar-refractivity contribution in [1.29, 1.82) is 0 Å². The highest BCUT2D eigenvalue weighted by molar-refractivity contribution is 5.43. The molecule has 0 amide bonds. The Hall–Kier alpha value is -1.26. The molecule has 0 aliphatic heterocycles. The van der Waals surface area contributed by atoms with E-state index in [1.54, 1.807) is 14.2 Å². The van der Waals surface area contributed by atoms with Crippen LogP contribution >= 0.6 is 0 Å². The molecule has 0 spiro atoms. The van der Waals surface area contributed by atoms with E-state index in [9.17, 15) is 5.11 Å². The van der Waals surface area contributed by atoms with Gasteiger partial charge >= 0.3 is 0 Å². The fraction of sp³-hybridized carbons (Fsp3) is 0.625. The number of hydrogen-bond acceptors (Lipinski definition) is 4. The van der Waals surface area contributed by atoms with Crippen molar-refractivity contribution in [3.05, 3.63) is 23.8 Å². The summed E-state index contributed by atoms with van der Waals surface area (Å²) < 4.78 is 10.5.